The highest BCUT2D eigenvalue weighted by atomic mass is 32.2. The minimum atomic E-state index is -3.81. The van der Waals surface area contributed by atoms with E-state index in [2.05, 4.69) is 10.3 Å². The Morgan fingerprint density at radius 2 is 1.93 bits per heavy atom. The number of aryl methyl sites for hydroxylation is 1. The number of carbonyl (C=O) groups excluding carboxylic acids is 1. The summed E-state index contributed by atoms with van der Waals surface area (Å²) in [6, 6.07) is 9.75. The second kappa shape index (κ2) is 7.82. The lowest BCUT2D eigenvalue weighted by Crippen LogP contribution is -2.23. The first-order valence-electron chi connectivity index (χ1n) is 9.09. The molecule has 1 aliphatic rings. The number of carbonyl (C=O) groups is 1. The maximum absolute atomic E-state index is 12.7. The summed E-state index contributed by atoms with van der Waals surface area (Å²) in [5.41, 5.74) is 1.84. The summed E-state index contributed by atoms with van der Waals surface area (Å²) < 4.78 is 36.0. The molecule has 3 aromatic rings. The molecule has 1 aliphatic heterocycles. The predicted molar refractivity (Wildman–Crippen MR) is 113 cm³/mol. The maximum Gasteiger partial charge on any atom is 0.238 e. The van der Waals surface area contributed by atoms with Crippen molar-refractivity contribution in [1.29, 1.82) is 0 Å². The molecule has 2 heterocycles. The second-order valence-corrected chi connectivity index (χ2v) is 9.63. The van der Waals surface area contributed by atoms with E-state index < -0.39 is 15.3 Å². The van der Waals surface area contributed by atoms with Gasteiger partial charge in [-0.15, -0.1) is 0 Å². The van der Waals surface area contributed by atoms with Crippen molar-refractivity contribution in [1.82, 2.24) is 9.55 Å². The third-order valence-electron chi connectivity index (χ3n) is 4.60. The van der Waals surface area contributed by atoms with E-state index in [4.69, 9.17) is 14.6 Å². The number of nitrogens with two attached hydrogens (primary N) is 1. The van der Waals surface area contributed by atoms with Crippen LogP contribution in [0.5, 0.6) is 11.5 Å². The van der Waals surface area contributed by atoms with Crippen molar-refractivity contribution in [2.45, 2.75) is 22.2 Å². The van der Waals surface area contributed by atoms with Crippen LogP contribution in [0.15, 0.2) is 46.5 Å². The number of aromatic nitrogens is 2. The number of fused-ring (bicyclic) bond motifs is 2. The molecule has 0 unspecified atom stereocenters. The van der Waals surface area contributed by atoms with E-state index >= 15 is 0 Å². The average molecular weight is 449 g/mol. The molecule has 0 saturated heterocycles. The number of thioether (sulfide) groups is 1. The molecule has 1 atom stereocenters. The van der Waals surface area contributed by atoms with Crippen LogP contribution in [0.1, 0.15) is 6.92 Å². The molecule has 1 amide bonds. The first kappa shape index (κ1) is 20.5. The van der Waals surface area contributed by atoms with Crippen LogP contribution in [0.25, 0.3) is 11.0 Å². The van der Waals surface area contributed by atoms with Gasteiger partial charge in [-0.2, -0.15) is 0 Å². The minimum Gasteiger partial charge on any atom is -0.486 e. The van der Waals surface area contributed by atoms with Crippen LogP contribution in [0.3, 0.4) is 0 Å². The van der Waals surface area contributed by atoms with Gasteiger partial charge in [-0.1, -0.05) is 11.8 Å². The number of nitrogens with zero attached hydrogens (tertiary/aromatic N) is 2. The Balaban J connectivity index is 1.50. The molecule has 1 aromatic heterocycles. The number of nitrogens with one attached hydrogen (secondary N) is 1. The molecule has 0 spiro atoms. The van der Waals surface area contributed by atoms with E-state index in [0.29, 0.717) is 41.1 Å². The van der Waals surface area contributed by atoms with E-state index in [9.17, 15) is 13.2 Å². The van der Waals surface area contributed by atoms with Gasteiger partial charge in [0.05, 0.1) is 21.2 Å². The van der Waals surface area contributed by atoms with E-state index in [0.717, 1.165) is 5.52 Å². The molecule has 0 bridgehead atoms. The van der Waals surface area contributed by atoms with Gasteiger partial charge in [-0.25, -0.2) is 18.5 Å². The number of benzene rings is 2. The first-order chi connectivity index (χ1) is 14.2. The summed E-state index contributed by atoms with van der Waals surface area (Å²) in [6.07, 6.45) is 0. The maximum atomic E-state index is 12.7. The number of rotatable bonds is 5. The molecule has 4 rings (SSSR count). The number of ether oxygens (including phenoxy) is 2. The third-order valence-corrected chi connectivity index (χ3v) is 6.66. The highest BCUT2D eigenvalue weighted by molar-refractivity contribution is 8.00. The molecule has 3 N–H and O–H groups in total. The smallest absolute Gasteiger partial charge is 0.238 e. The Labute approximate surface area is 177 Å². The van der Waals surface area contributed by atoms with Gasteiger partial charge < -0.3 is 19.4 Å². The van der Waals surface area contributed by atoms with Crippen molar-refractivity contribution in [2.75, 3.05) is 18.5 Å². The largest absolute Gasteiger partial charge is 0.486 e. The molecule has 11 heteroatoms. The van der Waals surface area contributed by atoms with Crippen molar-refractivity contribution in [3.05, 3.63) is 36.4 Å². The topological polar surface area (TPSA) is 126 Å². The Kier molecular flexibility index (Phi) is 5.35. The zero-order valence-electron chi connectivity index (χ0n) is 16.3. The van der Waals surface area contributed by atoms with Crippen LogP contribution in [0, 0.1) is 0 Å². The summed E-state index contributed by atoms with van der Waals surface area (Å²) in [7, 11) is -2.01. The van der Waals surface area contributed by atoms with Crippen molar-refractivity contribution in [3.63, 3.8) is 0 Å². The quantitative estimate of drug-likeness (QED) is 0.573. The monoisotopic (exact) mass is 448 g/mol. The molecule has 158 valence electrons. The van der Waals surface area contributed by atoms with Crippen molar-refractivity contribution >= 4 is 44.4 Å². The van der Waals surface area contributed by atoms with Gasteiger partial charge >= 0.3 is 0 Å². The van der Waals surface area contributed by atoms with Crippen molar-refractivity contribution in [2.24, 2.45) is 12.2 Å². The van der Waals surface area contributed by atoms with E-state index in [1.165, 1.54) is 23.9 Å². The highest BCUT2D eigenvalue weighted by Gasteiger charge is 2.20. The van der Waals surface area contributed by atoms with E-state index in [1.54, 1.807) is 42.8 Å². The van der Waals surface area contributed by atoms with Gasteiger partial charge in [0.15, 0.2) is 16.7 Å². The molecule has 0 saturated carbocycles. The number of primary sulfonamides is 1. The number of anilines is 1. The van der Waals surface area contributed by atoms with E-state index in [1.807, 2.05) is 0 Å². The fraction of sp³-hybridized carbons (Fsp3) is 0.263. The zero-order chi connectivity index (χ0) is 21.5. The molecule has 0 aliphatic carbocycles. The summed E-state index contributed by atoms with van der Waals surface area (Å²) in [6.45, 7) is 2.74. The molecule has 0 fully saturated rings. The normalized spacial score (nSPS) is 14.5. The highest BCUT2D eigenvalue weighted by Crippen LogP contribution is 2.33. The Morgan fingerprint density at radius 1 is 1.20 bits per heavy atom. The number of imidazole rings is 1. The number of hydrogen-bond acceptors (Lipinski definition) is 7. The number of amides is 1. The Hall–Kier alpha value is -2.76. The van der Waals surface area contributed by atoms with Crippen molar-refractivity contribution < 1.29 is 22.7 Å². The van der Waals surface area contributed by atoms with Gasteiger partial charge in [0.25, 0.3) is 0 Å². The lowest BCUT2D eigenvalue weighted by atomic mass is 10.2. The molecular weight excluding hydrogens is 428 g/mol. The summed E-state index contributed by atoms with van der Waals surface area (Å²) >= 11 is 1.27. The lowest BCUT2D eigenvalue weighted by molar-refractivity contribution is -0.115. The van der Waals surface area contributed by atoms with Gasteiger partial charge in [0.1, 0.15) is 13.2 Å². The predicted octanol–water partition coefficient (Wildman–Crippen LogP) is 2.11. The summed E-state index contributed by atoms with van der Waals surface area (Å²) in [5.74, 6) is 1.05. The minimum absolute atomic E-state index is 0.00551. The Bertz CT molecular complexity index is 1240. The Morgan fingerprint density at radius 3 is 2.67 bits per heavy atom. The summed E-state index contributed by atoms with van der Waals surface area (Å²) in [4.78, 5) is 17.1. The molecular formula is C19H20N4O5S2. The van der Waals surface area contributed by atoms with Crippen LogP contribution >= 0.6 is 11.8 Å². The third kappa shape index (κ3) is 4.09. The number of hydrogen-bond donors (Lipinski definition) is 2. The SMILES string of the molecule is C[C@@H](Sc1nc2cc(S(N)(=O)=O)ccc2n1C)C(=O)Nc1ccc2c(c1)OCCO2. The van der Waals surface area contributed by atoms with Crippen LogP contribution in [0.2, 0.25) is 0 Å². The standard InChI is InChI=1S/C19H20N4O5S2/c1-11(18(24)21-12-3-6-16-17(9-12)28-8-7-27-16)29-19-22-14-10-13(30(20,25)26)4-5-15(14)23(19)2/h3-6,9-11H,7-8H2,1-2H3,(H,21,24)(H2,20,25,26)/t11-/m1/s1. The first-order valence-corrected chi connectivity index (χ1v) is 11.5. The van der Waals surface area contributed by atoms with Crippen LogP contribution < -0.4 is 19.9 Å². The van der Waals surface area contributed by atoms with Gasteiger partial charge in [-0.3, -0.25) is 4.79 Å². The van der Waals surface area contributed by atoms with Gasteiger partial charge in [0.2, 0.25) is 15.9 Å². The average Bonchev–Trinajstić information content (AvgIpc) is 3.02. The van der Waals surface area contributed by atoms with Crippen LogP contribution in [0.4, 0.5) is 5.69 Å². The fourth-order valence-electron chi connectivity index (χ4n) is 3.02. The summed E-state index contributed by atoms with van der Waals surface area (Å²) in [5, 5.41) is 8.19. The second-order valence-electron chi connectivity index (χ2n) is 6.76. The van der Waals surface area contributed by atoms with Gasteiger partial charge in [0, 0.05) is 18.8 Å². The molecule has 2 aromatic carbocycles. The van der Waals surface area contributed by atoms with Crippen LogP contribution in [-0.2, 0) is 21.9 Å². The molecule has 0 radical (unpaired) electrons. The number of sulfonamides is 1. The molecule has 9 nitrogen and oxygen atoms in total. The molecule has 30 heavy (non-hydrogen) atoms. The van der Waals surface area contributed by atoms with Crippen LogP contribution in [-0.4, -0.2) is 42.3 Å². The lowest BCUT2D eigenvalue weighted by Gasteiger charge is -2.19. The fourth-order valence-corrected chi connectivity index (χ4v) is 4.44. The van der Waals surface area contributed by atoms with Crippen molar-refractivity contribution in [3.8, 4) is 11.5 Å². The van der Waals surface area contributed by atoms with Gasteiger partial charge in [-0.05, 0) is 37.3 Å². The zero-order valence-corrected chi connectivity index (χ0v) is 17.9. The van der Waals surface area contributed by atoms with E-state index in [-0.39, 0.29) is 10.8 Å².